The third-order valence-corrected chi connectivity index (χ3v) is 8.08. The molecule has 0 radical (unpaired) electrons. The summed E-state index contributed by atoms with van der Waals surface area (Å²) in [5.74, 6) is 0.476. The number of aromatic hydroxyl groups is 1. The van der Waals surface area contributed by atoms with Gasteiger partial charge in [-0.25, -0.2) is 0 Å². The summed E-state index contributed by atoms with van der Waals surface area (Å²) in [7, 11) is 2.82. The molecule has 0 aliphatic heterocycles. The average Bonchev–Trinajstić information content (AvgIpc) is 2.64. The molecule has 0 aromatic heterocycles. The van der Waals surface area contributed by atoms with Crippen LogP contribution in [0.4, 0.5) is 0 Å². The van der Waals surface area contributed by atoms with Gasteiger partial charge < -0.3 is 10.0 Å². The highest BCUT2D eigenvalue weighted by molar-refractivity contribution is 7.48. The summed E-state index contributed by atoms with van der Waals surface area (Å²) < 4.78 is 0. The Bertz CT molecular complexity index is 737. The second kappa shape index (κ2) is 9.02. The standard InChI is InChI=1S/C23H34NOP/c1-7-23(8-2,20-15-11-12-17(4)21(20)25)26-22-18(5)13-10-14-19(22)16-24(6)9-3/h10-15,25-26H,7-9,16H2,1-6H3. The predicted molar refractivity (Wildman–Crippen MR) is 116 cm³/mol. The van der Waals surface area contributed by atoms with Gasteiger partial charge in [0.25, 0.3) is 0 Å². The van der Waals surface area contributed by atoms with Gasteiger partial charge in [-0.05, 0) is 62.3 Å². The molecule has 0 heterocycles. The second-order valence-corrected chi connectivity index (χ2v) is 9.03. The first-order chi connectivity index (χ1) is 12.4. The monoisotopic (exact) mass is 371 g/mol. The highest BCUT2D eigenvalue weighted by atomic mass is 31.1. The van der Waals surface area contributed by atoms with E-state index in [1.165, 1.54) is 16.4 Å². The van der Waals surface area contributed by atoms with E-state index in [-0.39, 0.29) is 5.16 Å². The Balaban J connectivity index is 2.53. The minimum atomic E-state index is -0.0122. The van der Waals surface area contributed by atoms with Crippen LogP contribution in [0.2, 0.25) is 0 Å². The lowest BCUT2D eigenvalue weighted by Crippen LogP contribution is -2.27. The molecule has 0 saturated carbocycles. The van der Waals surface area contributed by atoms with Crippen LogP contribution in [-0.2, 0) is 11.7 Å². The molecule has 0 amide bonds. The third kappa shape index (κ3) is 4.30. The average molecular weight is 372 g/mol. The Morgan fingerprint density at radius 2 is 1.58 bits per heavy atom. The van der Waals surface area contributed by atoms with Crippen molar-refractivity contribution in [2.75, 3.05) is 13.6 Å². The van der Waals surface area contributed by atoms with Gasteiger partial charge in [-0.1, -0.05) is 65.8 Å². The van der Waals surface area contributed by atoms with Crippen molar-refractivity contribution in [3.63, 3.8) is 0 Å². The van der Waals surface area contributed by atoms with E-state index < -0.39 is 0 Å². The summed E-state index contributed by atoms with van der Waals surface area (Å²) in [4.78, 5) is 2.35. The molecule has 0 saturated heterocycles. The topological polar surface area (TPSA) is 23.5 Å². The maximum absolute atomic E-state index is 10.8. The molecule has 1 unspecified atom stereocenters. The van der Waals surface area contributed by atoms with E-state index in [0.717, 1.165) is 37.1 Å². The van der Waals surface area contributed by atoms with Crippen molar-refractivity contribution in [2.24, 2.45) is 0 Å². The molecule has 0 fully saturated rings. The summed E-state index contributed by atoms with van der Waals surface area (Å²) >= 11 is 0. The molecule has 0 bridgehead atoms. The molecule has 2 rings (SSSR count). The minimum absolute atomic E-state index is 0.0122. The van der Waals surface area contributed by atoms with Gasteiger partial charge in [0.1, 0.15) is 5.75 Å². The fourth-order valence-electron chi connectivity index (χ4n) is 3.60. The number of rotatable bonds is 8. The van der Waals surface area contributed by atoms with E-state index in [1.807, 2.05) is 13.0 Å². The zero-order valence-corrected chi connectivity index (χ0v) is 18.2. The molecule has 0 aliphatic carbocycles. The van der Waals surface area contributed by atoms with E-state index in [9.17, 15) is 5.11 Å². The third-order valence-electron chi connectivity index (χ3n) is 5.66. The van der Waals surface area contributed by atoms with Gasteiger partial charge in [0.2, 0.25) is 0 Å². The Morgan fingerprint density at radius 3 is 2.19 bits per heavy atom. The van der Waals surface area contributed by atoms with Crippen LogP contribution in [0.15, 0.2) is 36.4 Å². The summed E-state index contributed by atoms with van der Waals surface area (Å²) in [5.41, 5.74) is 4.86. The van der Waals surface area contributed by atoms with E-state index >= 15 is 0 Å². The SMILES string of the molecule is CCN(C)Cc1cccc(C)c1PC(CC)(CC)c1cccc(C)c1O. The van der Waals surface area contributed by atoms with E-state index in [4.69, 9.17) is 0 Å². The first-order valence-corrected chi connectivity index (χ1v) is 10.7. The molecule has 2 aromatic carbocycles. The van der Waals surface area contributed by atoms with Crippen LogP contribution in [0.1, 0.15) is 55.9 Å². The Labute approximate surface area is 161 Å². The van der Waals surface area contributed by atoms with Gasteiger partial charge in [0.05, 0.1) is 0 Å². The Hall–Kier alpha value is -1.37. The van der Waals surface area contributed by atoms with Crippen LogP contribution in [-0.4, -0.2) is 23.6 Å². The fraction of sp³-hybridized carbons (Fsp3) is 0.478. The van der Waals surface area contributed by atoms with Crippen molar-refractivity contribution >= 4 is 13.9 Å². The molecule has 26 heavy (non-hydrogen) atoms. The molecule has 1 atom stereocenters. The summed E-state index contributed by atoms with van der Waals surface area (Å²) in [6.07, 6.45) is 2.05. The normalized spacial score (nSPS) is 12.4. The molecule has 0 spiro atoms. The van der Waals surface area contributed by atoms with Gasteiger partial charge in [-0.2, -0.15) is 0 Å². The van der Waals surface area contributed by atoms with Crippen molar-refractivity contribution in [2.45, 2.75) is 59.2 Å². The van der Waals surface area contributed by atoms with Crippen LogP contribution < -0.4 is 5.30 Å². The molecular formula is C23H34NOP. The molecule has 3 heteroatoms. The number of phenols is 1. The Kier molecular flexibility index (Phi) is 7.26. The number of nitrogens with zero attached hydrogens (tertiary/aromatic N) is 1. The number of phenolic OH excluding ortho intramolecular Hbond substituents is 1. The van der Waals surface area contributed by atoms with Crippen LogP contribution >= 0.6 is 8.58 Å². The summed E-state index contributed by atoms with van der Waals surface area (Å²) in [6.45, 7) is 13.0. The largest absolute Gasteiger partial charge is 0.507 e. The summed E-state index contributed by atoms with van der Waals surface area (Å²) in [6, 6.07) is 12.9. The highest BCUT2D eigenvalue weighted by Gasteiger charge is 2.33. The van der Waals surface area contributed by atoms with Crippen LogP contribution in [0, 0.1) is 13.8 Å². The number of benzene rings is 2. The van der Waals surface area contributed by atoms with Gasteiger partial charge in [0.15, 0.2) is 0 Å². The maximum Gasteiger partial charge on any atom is 0.122 e. The Morgan fingerprint density at radius 1 is 0.962 bits per heavy atom. The van der Waals surface area contributed by atoms with E-state index in [0.29, 0.717) is 14.3 Å². The maximum atomic E-state index is 10.8. The number of hydrogen-bond acceptors (Lipinski definition) is 2. The lowest BCUT2D eigenvalue weighted by Gasteiger charge is -2.35. The summed E-state index contributed by atoms with van der Waals surface area (Å²) in [5, 5.41) is 12.2. The molecule has 142 valence electrons. The fourth-order valence-corrected chi connectivity index (χ4v) is 5.37. The van der Waals surface area contributed by atoms with Crippen LogP contribution in [0.25, 0.3) is 0 Å². The van der Waals surface area contributed by atoms with Crippen LogP contribution in [0.5, 0.6) is 5.75 Å². The smallest absolute Gasteiger partial charge is 0.122 e. The van der Waals surface area contributed by atoms with Gasteiger partial charge in [-0.15, -0.1) is 0 Å². The first kappa shape index (κ1) is 20.9. The number of aryl methyl sites for hydroxylation is 2. The molecule has 2 aromatic rings. The first-order valence-electron chi connectivity index (χ1n) is 9.72. The molecular weight excluding hydrogens is 337 g/mol. The zero-order valence-electron chi connectivity index (χ0n) is 17.2. The number of para-hydroxylation sites is 1. The quantitative estimate of drug-likeness (QED) is 0.621. The van der Waals surface area contributed by atoms with Crippen molar-refractivity contribution in [1.82, 2.24) is 4.90 Å². The predicted octanol–water partition coefficient (Wildman–Crippen LogP) is 5.48. The van der Waals surface area contributed by atoms with Crippen molar-refractivity contribution in [3.8, 4) is 5.75 Å². The van der Waals surface area contributed by atoms with Crippen molar-refractivity contribution in [1.29, 1.82) is 0 Å². The van der Waals surface area contributed by atoms with Gasteiger partial charge >= 0.3 is 0 Å². The van der Waals surface area contributed by atoms with Gasteiger partial charge in [-0.3, -0.25) is 0 Å². The minimum Gasteiger partial charge on any atom is -0.507 e. The van der Waals surface area contributed by atoms with Gasteiger partial charge in [0, 0.05) is 17.3 Å². The van der Waals surface area contributed by atoms with Crippen molar-refractivity contribution < 1.29 is 5.11 Å². The highest BCUT2D eigenvalue weighted by Crippen LogP contribution is 2.51. The zero-order chi connectivity index (χ0) is 19.3. The van der Waals surface area contributed by atoms with E-state index in [1.54, 1.807) is 0 Å². The van der Waals surface area contributed by atoms with Crippen molar-refractivity contribution in [3.05, 3.63) is 58.7 Å². The second-order valence-electron chi connectivity index (χ2n) is 7.32. The molecule has 2 nitrogen and oxygen atoms in total. The van der Waals surface area contributed by atoms with E-state index in [2.05, 4.69) is 70.0 Å². The molecule has 0 aliphatic rings. The lowest BCUT2D eigenvalue weighted by atomic mass is 9.90. The van der Waals surface area contributed by atoms with Crippen LogP contribution in [0.3, 0.4) is 0 Å². The lowest BCUT2D eigenvalue weighted by molar-refractivity contribution is 0.346. The molecule has 1 N–H and O–H groups in total. The number of hydrogen-bond donors (Lipinski definition) is 1.